The normalized spacial score (nSPS) is 11.1. The lowest BCUT2D eigenvalue weighted by Crippen LogP contribution is -2.32. The maximum absolute atomic E-state index is 11.6. The first-order chi connectivity index (χ1) is 12.7. The van der Waals surface area contributed by atoms with Gasteiger partial charge in [0.1, 0.15) is 18.8 Å². The summed E-state index contributed by atoms with van der Waals surface area (Å²) in [7, 11) is 0. The molecule has 0 rings (SSSR count). The Bertz CT molecular complexity index is 439. The monoisotopic (exact) mass is 391 g/mol. The van der Waals surface area contributed by atoms with Crippen molar-refractivity contribution >= 4 is 17.8 Å². The first-order valence-corrected chi connectivity index (χ1v) is 8.93. The average Bonchev–Trinajstić information content (AvgIpc) is 2.56. The quantitative estimate of drug-likeness (QED) is 0.238. The van der Waals surface area contributed by atoms with E-state index in [-0.39, 0.29) is 44.7 Å². The molecule has 10 nitrogen and oxygen atoms in total. The third-order valence-corrected chi connectivity index (χ3v) is 2.75. The largest absolute Gasteiger partial charge is 0.458 e. The molecule has 2 amide bonds. The van der Waals surface area contributed by atoms with E-state index in [2.05, 4.69) is 10.6 Å². The van der Waals surface area contributed by atoms with Crippen LogP contribution in [0, 0.1) is 0 Å². The topological polar surface area (TPSA) is 138 Å². The standard InChI is InChI=1S/C17H33N3O7/c1-17(2,3)27-16(23)13-26-11-7-19-14(21)4-8-24-10-6-20-15(22)12-25-9-5-18/h4-13,18H2,1-3H3,(H,19,21)(H,20,22). The summed E-state index contributed by atoms with van der Waals surface area (Å²) in [6.45, 7) is 7.24. The highest BCUT2D eigenvalue weighted by atomic mass is 16.6. The van der Waals surface area contributed by atoms with Crippen LogP contribution in [0.3, 0.4) is 0 Å². The summed E-state index contributed by atoms with van der Waals surface area (Å²) in [5, 5.41) is 5.27. The zero-order valence-corrected chi connectivity index (χ0v) is 16.5. The molecular formula is C17H33N3O7. The van der Waals surface area contributed by atoms with E-state index in [9.17, 15) is 14.4 Å². The molecule has 0 saturated carbocycles. The first kappa shape index (κ1) is 25.2. The molecule has 0 unspecified atom stereocenters. The second-order valence-electron chi connectivity index (χ2n) is 6.54. The summed E-state index contributed by atoms with van der Waals surface area (Å²) < 4.78 is 20.4. The minimum atomic E-state index is -0.546. The molecule has 0 aliphatic rings. The number of esters is 1. The van der Waals surface area contributed by atoms with Gasteiger partial charge in [0, 0.05) is 26.1 Å². The van der Waals surface area contributed by atoms with Gasteiger partial charge in [0.2, 0.25) is 11.8 Å². The molecule has 0 atom stereocenters. The summed E-state index contributed by atoms with van der Waals surface area (Å²) in [6, 6.07) is 0. The number of carbonyl (C=O) groups is 3. The number of nitrogens with two attached hydrogens (primary N) is 1. The predicted octanol–water partition coefficient (Wildman–Crippen LogP) is -1.04. The van der Waals surface area contributed by atoms with E-state index in [1.54, 1.807) is 20.8 Å². The molecule has 0 aromatic rings. The third kappa shape index (κ3) is 18.8. The number of hydrogen-bond donors (Lipinski definition) is 3. The summed E-state index contributed by atoms with van der Waals surface area (Å²) >= 11 is 0. The Hall–Kier alpha value is -1.75. The van der Waals surface area contributed by atoms with Gasteiger partial charge in [-0.1, -0.05) is 0 Å². The number of carbonyl (C=O) groups excluding carboxylic acids is 3. The molecule has 0 radical (unpaired) electrons. The number of hydrogen-bond acceptors (Lipinski definition) is 8. The van der Waals surface area contributed by atoms with Crippen LogP contribution in [0.15, 0.2) is 0 Å². The maximum atomic E-state index is 11.6. The van der Waals surface area contributed by atoms with E-state index in [1.165, 1.54) is 0 Å². The Kier molecular flexibility index (Phi) is 14.3. The SMILES string of the molecule is CC(C)(C)OC(=O)COCCNC(=O)CCOCCNC(=O)COCCN. The van der Waals surface area contributed by atoms with Crippen molar-refractivity contribution in [2.45, 2.75) is 32.8 Å². The van der Waals surface area contributed by atoms with Gasteiger partial charge in [-0.3, -0.25) is 9.59 Å². The van der Waals surface area contributed by atoms with Gasteiger partial charge in [0.15, 0.2) is 0 Å². The van der Waals surface area contributed by atoms with Gasteiger partial charge in [0.25, 0.3) is 0 Å². The zero-order valence-electron chi connectivity index (χ0n) is 16.5. The molecule has 0 saturated heterocycles. The van der Waals surface area contributed by atoms with Crippen molar-refractivity contribution in [1.82, 2.24) is 10.6 Å². The van der Waals surface area contributed by atoms with E-state index in [0.29, 0.717) is 32.8 Å². The second-order valence-corrected chi connectivity index (χ2v) is 6.54. The highest BCUT2D eigenvalue weighted by Gasteiger charge is 2.15. The fraction of sp³-hybridized carbons (Fsp3) is 0.824. The molecule has 27 heavy (non-hydrogen) atoms. The fourth-order valence-electron chi connectivity index (χ4n) is 1.71. The Morgan fingerprint density at radius 3 is 2.04 bits per heavy atom. The molecular weight excluding hydrogens is 358 g/mol. The van der Waals surface area contributed by atoms with Gasteiger partial charge >= 0.3 is 5.97 Å². The Morgan fingerprint density at radius 2 is 1.41 bits per heavy atom. The van der Waals surface area contributed by atoms with Crippen molar-refractivity contribution in [1.29, 1.82) is 0 Å². The van der Waals surface area contributed by atoms with E-state index in [1.807, 2.05) is 0 Å². The van der Waals surface area contributed by atoms with E-state index in [0.717, 1.165) is 0 Å². The van der Waals surface area contributed by atoms with E-state index < -0.39 is 11.6 Å². The Balaban J connectivity index is 3.45. The van der Waals surface area contributed by atoms with E-state index >= 15 is 0 Å². The fourth-order valence-corrected chi connectivity index (χ4v) is 1.71. The number of ether oxygens (including phenoxy) is 4. The summed E-state index contributed by atoms with van der Waals surface area (Å²) in [6.07, 6.45) is 0.194. The first-order valence-electron chi connectivity index (χ1n) is 8.93. The van der Waals surface area contributed by atoms with Crippen LogP contribution in [0.2, 0.25) is 0 Å². The lowest BCUT2D eigenvalue weighted by molar-refractivity contribution is -0.160. The van der Waals surface area contributed by atoms with Crippen molar-refractivity contribution in [3.05, 3.63) is 0 Å². The van der Waals surface area contributed by atoms with Crippen LogP contribution < -0.4 is 16.4 Å². The van der Waals surface area contributed by atoms with Crippen LogP contribution >= 0.6 is 0 Å². The summed E-state index contributed by atoms with van der Waals surface area (Å²) in [5.41, 5.74) is 4.69. The summed E-state index contributed by atoms with van der Waals surface area (Å²) in [4.78, 5) is 34.3. The Morgan fingerprint density at radius 1 is 0.815 bits per heavy atom. The van der Waals surface area contributed by atoms with Crippen LogP contribution in [-0.4, -0.2) is 82.7 Å². The van der Waals surface area contributed by atoms with Gasteiger partial charge < -0.3 is 35.3 Å². The number of rotatable bonds is 15. The lowest BCUT2D eigenvalue weighted by atomic mass is 10.2. The molecule has 0 fully saturated rings. The highest BCUT2D eigenvalue weighted by molar-refractivity contribution is 5.77. The number of amides is 2. The van der Waals surface area contributed by atoms with Crippen molar-refractivity contribution in [3.63, 3.8) is 0 Å². The molecule has 0 bridgehead atoms. The maximum Gasteiger partial charge on any atom is 0.332 e. The van der Waals surface area contributed by atoms with Crippen molar-refractivity contribution in [2.75, 3.05) is 59.3 Å². The average molecular weight is 391 g/mol. The van der Waals surface area contributed by atoms with Crippen molar-refractivity contribution in [2.24, 2.45) is 5.73 Å². The molecule has 0 aromatic heterocycles. The zero-order chi connectivity index (χ0) is 20.5. The van der Waals surface area contributed by atoms with Crippen LogP contribution in [0.4, 0.5) is 0 Å². The minimum Gasteiger partial charge on any atom is -0.458 e. The highest BCUT2D eigenvalue weighted by Crippen LogP contribution is 2.06. The van der Waals surface area contributed by atoms with Gasteiger partial charge in [0.05, 0.1) is 26.4 Å². The smallest absolute Gasteiger partial charge is 0.332 e. The van der Waals surface area contributed by atoms with Crippen LogP contribution in [0.1, 0.15) is 27.2 Å². The van der Waals surface area contributed by atoms with Crippen molar-refractivity contribution < 1.29 is 33.3 Å². The molecule has 4 N–H and O–H groups in total. The van der Waals surface area contributed by atoms with Gasteiger partial charge in [-0.25, -0.2) is 4.79 Å². The molecule has 0 heterocycles. The van der Waals surface area contributed by atoms with Crippen LogP contribution in [0.5, 0.6) is 0 Å². The van der Waals surface area contributed by atoms with Gasteiger partial charge in [-0.05, 0) is 20.8 Å². The predicted molar refractivity (Wildman–Crippen MR) is 98.0 cm³/mol. The van der Waals surface area contributed by atoms with Crippen molar-refractivity contribution in [3.8, 4) is 0 Å². The third-order valence-electron chi connectivity index (χ3n) is 2.75. The molecule has 0 aromatic carbocycles. The molecule has 158 valence electrons. The molecule has 0 aliphatic carbocycles. The molecule has 0 spiro atoms. The number of nitrogens with one attached hydrogen (secondary N) is 2. The van der Waals surface area contributed by atoms with Crippen LogP contribution in [0.25, 0.3) is 0 Å². The second kappa shape index (κ2) is 15.3. The molecule has 10 heteroatoms. The van der Waals surface area contributed by atoms with Gasteiger partial charge in [-0.15, -0.1) is 0 Å². The Labute approximate surface area is 160 Å². The molecule has 0 aliphatic heterocycles. The van der Waals surface area contributed by atoms with E-state index in [4.69, 9.17) is 24.7 Å². The van der Waals surface area contributed by atoms with Crippen LogP contribution in [-0.2, 0) is 33.3 Å². The summed E-state index contributed by atoms with van der Waals surface area (Å²) in [5.74, 6) is -0.869. The minimum absolute atomic E-state index is 0.0321. The van der Waals surface area contributed by atoms with Gasteiger partial charge in [-0.2, -0.15) is 0 Å². The lowest BCUT2D eigenvalue weighted by Gasteiger charge is -2.19.